The number of hydrogen-bond donors (Lipinski definition) is 1. The van der Waals surface area contributed by atoms with E-state index in [-0.39, 0.29) is 17.6 Å². The van der Waals surface area contributed by atoms with Gasteiger partial charge in [0.05, 0.1) is 28.8 Å². The van der Waals surface area contributed by atoms with Gasteiger partial charge in [-0.15, -0.1) is 5.06 Å². The van der Waals surface area contributed by atoms with Gasteiger partial charge in [0.15, 0.2) is 0 Å². The van der Waals surface area contributed by atoms with E-state index in [1.54, 1.807) is 23.7 Å². The fourth-order valence-corrected chi connectivity index (χ4v) is 4.13. The Kier molecular flexibility index (Phi) is 6.52. The van der Waals surface area contributed by atoms with Gasteiger partial charge >= 0.3 is 5.97 Å². The van der Waals surface area contributed by atoms with Crippen molar-refractivity contribution in [1.29, 1.82) is 0 Å². The molecular weight excluding hydrogens is 476 g/mol. The van der Waals surface area contributed by atoms with Gasteiger partial charge in [-0.05, 0) is 57.9 Å². The summed E-state index contributed by atoms with van der Waals surface area (Å²) in [5.74, 6) is 4.30. The smallest absolute Gasteiger partial charge is 0.330 e. The predicted molar refractivity (Wildman–Crippen MR) is 135 cm³/mol. The topological polar surface area (TPSA) is 76.0 Å². The van der Waals surface area contributed by atoms with Gasteiger partial charge in [-0.3, -0.25) is 4.68 Å². The van der Waals surface area contributed by atoms with Gasteiger partial charge in [0, 0.05) is 48.2 Å². The van der Waals surface area contributed by atoms with Gasteiger partial charge in [-0.1, -0.05) is 11.8 Å². The number of hydroxylamine groups is 2. The van der Waals surface area contributed by atoms with Crippen LogP contribution in [0, 0.1) is 28.9 Å². The number of benzene rings is 1. The predicted octanol–water partition coefficient (Wildman–Crippen LogP) is 5.25. The number of aromatic amines is 1. The lowest BCUT2D eigenvalue weighted by atomic mass is 9.98. The number of nitrogens with one attached hydrogen (secondary N) is 1. The lowest BCUT2D eigenvalue weighted by Crippen LogP contribution is -2.39. The summed E-state index contributed by atoms with van der Waals surface area (Å²) < 4.78 is 29.4. The Hall–Kier alpha value is -4.03. The maximum absolute atomic E-state index is 14.0. The molecule has 3 aromatic heterocycles. The zero-order valence-corrected chi connectivity index (χ0v) is 20.9. The second-order valence-electron chi connectivity index (χ2n) is 10.2. The number of pyridine rings is 1. The van der Waals surface area contributed by atoms with Crippen molar-refractivity contribution in [1.82, 2.24) is 24.8 Å². The molecule has 4 heterocycles. The van der Waals surface area contributed by atoms with Crippen molar-refractivity contribution in [3.8, 4) is 23.0 Å². The Bertz CT molecular complexity index is 1510. The van der Waals surface area contributed by atoms with Crippen LogP contribution in [0.4, 0.5) is 8.78 Å². The molecule has 0 saturated carbocycles. The molecule has 1 fully saturated rings. The lowest BCUT2D eigenvalue weighted by molar-refractivity contribution is -0.205. The number of carbonyl (C=O) groups excluding carboxylic acids is 1. The van der Waals surface area contributed by atoms with E-state index in [1.807, 2.05) is 37.7 Å². The Balaban J connectivity index is 1.31. The third-order valence-corrected chi connectivity index (χ3v) is 6.35. The van der Waals surface area contributed by atoms with Crippen molar-refractivity contribution in [2.24, 2.45) is 5.41 Å². The first-order valence-corrected chi connectivity index (χ1v) is 12.1. The Morgan fingerprint density at radius 1 is 1.08 bits per heavy atom. The number of hydrogen-bond acceptors (Lipinski definition) is 5. The van der Waals surface area contributed by atoms with Crippen LogP contribution in [-0.2, 0) is 9.63 Å². The number of piperidine rings is 1. The van der Waals surface area contributed by atoms with Crippen LogP contribution >= 0.6 is 0 Å². The summed E-state index contributed by atoms with van der Waals surface area (Å²) in [4.78, 5) is 25.2. The molecule has 37 heavy (non-hydrogen) atoms. The number of nitrogens with zero attached hydrogens (tertiary/aromatic N) is 4. The molecule has 0 aliphatic carbocycles. The van der Waals surface area contributed by atoms with Gasteiger partial charge in [0.2, 0.25) is 0 Å². The van der Waals surface area contributed by atoms with Crippen molar-refractivity contribution in [2.45, 2.75) is 39.7 Å². The molecule has 1 aromatic carbocycles. The molecule has 7 nitrogen and oxygen atoms in total. The van der Waals surface area contributed by atoms with Crippen LogP contribution in [0.1, 0.15) is 50.8 Å². The molecule has 0 atom stereocenters. The molecule has 1 aliphatic heterocycles. The molecule has 0 bridgehead atoms. The molecule has 0 amide bonds. The summed E-state index contributed by atoms with van der Waals surface area (Å²) in [7, 11) is 0. The summed E-state index contributed by atoms with van der Waals surface area (Å²) in [6.45, 7) is 6.81. The minimum Gasteiger partial charge on any atom is -0.367 e. The second-order valence-corrected chi connectivity index (χ2v) is 10.2. The summed E-state index contributed by atoms with van der Waals surface area (Å²) in [6, 6.07) is 5.36. The minimum atomic E-state index is -0.571. The standard InChI is InChI=1S/C28H27F2N5O2/c1-28(2,3)27(36)37-34-10-8-23(9-11-34)35-17-21(16-33-35)20-13-24-19(14-31-26(24)32-15-20)5-4-18-12-22(29)6-7-25(18)30/h6-7,12-17,23H,8-11H2,1-3H3,(H,31,32). The molecule has 1 N–H and O–H groups in total. The molecule has 9 heteroatoms. The highest BCUT2D eigenvalue weighted by atomic mass is 19.1. The van der Waals surface area contributed by atoms with E-state index in [4.69, 9.17) is 4.84 Å². The number of H-pyrrole nitrogens is 1. The molecule has 1 aliphatic rings. The first-order valence-electron chi connectivity index (χ1n) is 12.1. The Labute approximate surface area is 213 Å². The summed E-state index contributed by atoms with van der Waals surface area (Å²) in [5, 5.41) is 7.09. The normalized spacial score (nSPS) is 14.9. The first-order chi connectivity index (χ1) is 17.7. The molecule has 0 radical (unpaired) electrons. The fourth-order valence-electron chi connectivity index (χ4n) is 4.13. The fraction of sp³-hybridized carbons (Fsp3) is 0.321. The van der Waals surface area contributed by atoms with Gasteiger partial charge in [-0.25, -0.2) is 18.6 Å². The van der Waals surface area contributed by atoms with E-state index >= 15 is 0 Å². The van der Waals surface area contributed by atoms with E-state index in [1.165, 1.54) is 0 Å². The molecule has 0 spiro atoms. The van der Waals surface area contributed by atoms with Gasteiger partial charge in [0.25, 0.3) is 0 Å². The van der Waals surface area contributed by atoms with Crippen molar-refractivity contribution in [2.75, 3.05) is 13.1 Å². The molecular formula is C28H27F2N5O2. The van der Waals surface area contributed by atoms with Crippen molar-refractivity contribution in [3.63, 3.8) is 0 Å². The second kappa shape index (κ2) is 9.79. The number of fused-ring (bicyclic) bond motifs is 1. The third-order valence-electron chi connectivity index (χ3n) is 6.35. The van der Waals surface area contributed by atoms with Crippen LogP contribution < -0.4 is 0 Å². The highest BCUT2D eigenvalue weighted by Gasteiger charge is 2.29. The van der Waals surface area contributed by atoms with Crippen LogP contribution in [0.5, 0.6) is 0 Å². The zero-order chi connectivity index (χ0) is 26.2. The SMILES string of the molecule is CC(C)(C)C(=O)ON1CCC(n2cc(-c3cnc4[nH]cc(C#Cc5cc(F)ccc5F)c4c3)cn2)CC1. The average Bonchev–Trinajstić information content (AvgIpc) is 3.52. The van der Waals surface area contributed by atoms with Crippen LogP contribution in [-0.4, -0.2) is 43.9 Å². The monoisotopic (exact) mass is 503 g/mol. The van der Waals surface area contributed by atoms with Crippen molar-refractivity contribution < 1.29 is 18.4 Å². The molecule has 190 valence electrons. The molecule has 0 unspecified atom stereocenters. The van der Waals surface area contributed by atoms with E-state index in [9.17, 15) is 13.6 Å². The minimum absolute atomic E-state index is 0.000963. The van der Waals surface area contributed by atoms with E-state index < -0.39 is 17.0 Å². The van der Waals surface area contributed by atoms with Crippen LogP contribution in [0.2, 0.25) is 0 Å². The van der Waals surface area contributed by atoms with E-state index in [0.29, 0.717) is 24.3 Å². The zero-order valence-electron chi connectivity index (χ0n) is 20.9. The highest BCUT2D eigenvalue weighted by Crippen LogP contribution is 2.28. The summed E-state index contributed by atoms with van der Waals surface area (Å²) in [5.41, 5.74) is 2.53. The lowest BCUT2D eigenvalue weighted by Gasteiger charge is -2.32. The number of rotatable bonds is 3. The van der Waals surface area contributed by atoms with Crippen LogP contribution in [0.25, 0.3) is 22.2 Å². The number of carbonyl (C=O) groups is 1. The molecule has 4 aromatic rings. The van der Waals surface area contributed by atoms with Gasteiger partial charge in [0.1, 0.15) is 17.3 Å². The third kappa shape index (κ3) is 5.39. The van der Waals surface area contributed by atoms with E-state index in [2.05, 4.69) is 26.9 Å². The van der Waals surface area contributed by atoms with Crippen LogP contribution in [0.15, 0.2) is 49.1 Å². The maximum Gasteiger partial charge on any atom is 0.330 e. The van der Waals surface area contributed by atoms with E-state index in [0.717, 1.165) is 47.6 Å². The Morgan fingerprint density at radius 2 is 1.84 bits per heavy atom. The van der Waals surface area contributed by atoms with Crippen molar-refractivity contribution in [3.05, 3.63) is 71.8 Å². The molecule has 1 saturated heterocycles. The number of aromatic nitrogens is 4. The van der Waals surface area contributed by atoms with Gasteiger partial charge < -0.3 is 9.82 Å². The van der Waals surface area contributed by atoms with Crippen LogP contribution in [0.3, 0.4) is 0 Å². The maximum atomic E-state index is 14.0. The first kappa shape index (κ1) is 24.7. The van der Waals surface area contributed by atoms with Crippen molar-refractivity contribution >= 4 is 17.0 Å². The molecule has 5 rings (SSSR count). The number of halogens is 2. The Morgan fingerprint density at radius 3 is 2.59 bits per heavy atom. The average molecular weight is 504 g/mol. The quantitative estimate of drug-likeness (QED) is 0.387. The highest BCUT2D eigenvalue weighted by molar-refractivity contribution is 5.87. The summed E-state index contributed by atoms with van der Waals surface area (Å²) >= 11 is 0. The van der Waals surface area contributed by atoms with Gasteiger partial charge in [-0.2, -0.15) is 5.10 Å². The largest absolute Gasteiger partial charge is 0.367 e. The summed E-state index contributed by atoms with van der Waals surface area (Å²) in [6.07, 6.45) is 8.88.